The summed E-state index contributed by atoms with van der Waals surface area (Å²) in [6, 6.07) is 14.0. The third-order valence-corrected chi connectivity index (χ3v) is 6.83. The molecule has 2 aliphatic heterocycles. The van der Waals surface area contributed by atoms with Crippen LogP contribution in [0.3, 0.4) is 0 Å². The molecular weight excluding hydrogens is 529 g/mol. The standard InChI is InChI=1S/C28H27F3N4O5/c29-28(30,31)16-4-6-17(7-5-16)34-27(38)35-18-8-9-23-21(11-18)22-12-20(39-24(15-36)26(22)40-23)13-25(37)33-14-19-3-1-2-10-32-19/h1-11,20,22,24,26,36H,12-15H2,(H,33,37)(H2,34,35,38)/t20-,22-,24+,26+/m1/s1. The molecule has 1 fully saturated rings. The molecule has 3 heterocycles. The van der Waals surface area contributed by atoms with Crippen molar-refractivity contribution < 1.29 is 37.3 Å². The van der Waals surface area contributed by atoms with E-state index in [-0.39, 0.29) is 37.1 Å². The number of ether oxygens (including phenoxy) is 2. The number of aliphatic hydroxyl groups excluding tert-OH is 1. The van der Waals surface area contributed by atoms with E-state index >= 15 is 0 Å². The second kappa shape index (κ2) is 11.5. The van der Waals surface area contributed by atoms with Gasteiger partial charge in [0.1, 0.15) is 18.0 Å². The summed E-state index contributed by atoms with van der Waals surface area (Å²) in [5.41, 5.74) is 1.37. The van der Waals surface area contributed by atoms with Crippen LogP contribution in [-0.4, -0.2) is 46.9 Å². The number of halogens is 3. The van der Waals surface area contributed by atoms with E-state index < -0.39 is 36.1 Å². The highest BCUT2D eigenvalue weighted by Gasteiger charge is 2.46. The van der Waals surface area contributed by atoms with Gasteiger partial charge in [-0.2, -0.15) is 13.2 Å². The number of hydrogen-bond acceptors (Lipinski definition) is 6. The first kappa shape index (κ1) is 27.4. The number of nitrogens with zero attached hydrogens (tertiary/aromatic N) is 1. The van der Waals surface area contributed by atoms with Crippen molar-refractivity contribution in [1.29, 1.82) is 0 Å². The van der Waals surface area contributed by atoms with Gasteiger partial charge in [0.05, 0.1) is 36.9 Å². The van der Waals surface area contributed by atoms with E-state index in [2.05, 4.69) is 20.9 Å². The van der Waals surface area contributed by atoms with E-state index in [1.54, 1.807) is 30.5 Å². The van der Waals surface area contributed by atoms with Crippen molar-refractivity contribution in [2.75, 3.05) is 17.2 Å². The third-order valence-electron chi connectivity index (χ3n) is 6.83. The van der Waals surface area contributed by atoms with Gasteiger partial charge in [0, 0.05) is 29.1 Å². The lowest BCUT2D eigenvalue weighted by atomic mass is 9.84. The van der Waals surface area contributed by atoms with Crippen molar-refractivity contribution in [3.05, 3.63) is 83.7 Å². The van der Waals surface area contributed by atoms with Crippen LogP contribution in [0.4, 0.5) is 29.3 Å². The Hall–Kier alpha value is -4.16. The minimum atomic E-state index is -4.47. The van der Waals surface area contributed by atoms with Gasteiger partial charge in [0.25, 0.3) is 0 Å². The number of rotatable bonds is 7. The van der Waals surface area contributed by atoms with Crippen LogP contribution in [0, 0.1) is 0 Å². The molecule has 0 saturated carbocycles. The maximum absolute atomic E-state index is 12.8. The number of amides is 3. The fourth-order valence-electron chi connectivity index (χ4n) is 4.97. The minimum Gasteiger partial charge on any atom is -0.487 e. The molecule has 0 aliphatic carbocycles. The van der Waals surface area contributed by atoms with Crippen molar-refractivity contribution in [3.8, 4) is 5.75 Å². The van der Waals surface area contributed by atoms with Crippen molar-refractivity contribution >= 4 is 23.3 Å². The van der Waals surface area contributed by atoms with Crippen LogP contribution >= 0.6 is 0 Å². The molecule has 3 amide bonds. The first-order chi connectivity index (χ1) is 19.2. The maximum atomic E-state index is 12.8. The quantitative estimate of drug-likeness (QED) is 0.341. The Morgan fingerprint density at radius 1 is 1.02 bits per heavy atom. The second-order valence-corrected chi connectivity index (χ2v) is 9.61. The Balaban J connectivity index is 1.22. The number of anilines is 2. The third kappa shape index (κ3) is 6.35. The van der Waals surface area contributed by atoms with Crippen molar-refractivity contribution in [2.45, 2.75) is 49.8 Å². The Bertz CT molecular complexity index is 1350. The van der Waals surface area contributed by atoms with Crippen LogP contribution in [0.1, 0.15) is 35.6 Å². The van der Waals surface area contributed by atoms with Gasteiger partial charge in [-0.1, -0.05) is 6.07 Å². The van der Waals surface area contributed by atoms with E-state index in [1.807, 2.05) is 12.1 Å². The first-order valence-corrected chi connectivity index (χ1v) is 12.7. The molecule has 1 saturated heterocycles. The van der Waals surface area contributed by atoms with Crippen molar-refractivity contribution in [1.82, 2.24) is 10.3 Å². The minimum absolute atomic E-state index is 0.0926. The van der Waals surface area contributed by atoms with Gasteiger partial charge in [-0.05, 0) is 61.0 Å². The zero-order chi connectivity index (χ0) is 28.3. The molecule has 0 unspecified atom stereocenters. The number of hydrogen-bond donors (Lipinski definition) is 4. The summed E-state index contributed by atoms with van der Waals surface area (Å²) in [6.07, 6.45) is -3.81. The van der Waals surface area contributed by atoms with E-state index in [9.17, 15) is 27.9 Å². The lowest BCUT2D eigenvalue weighted by Crippen LogP contribution is -2.47. The first-order valence-electron chi connectivity index (χ1n) is 12.7. The Morgan fingerprint density at radius 3 is 2.48 bits per heavy atom. The predicted octanol–water partition coefficient (Wildman–Crippen LogP) is 4.45. The van der Waals surface area contributed by atoms with Crippen LogP contribution in [-0.2, 0) is 22.3 Å². The van der Waals surface area contributed by atoms with E-state index in [4.69, 9.17) is 9.47 Å². The van der Waals surface area contributed by atoms with Crippen LogP contribution in [0.25, 0.3) is 0 Å². The molecule has 0 radical (unpaired) electrons. The summed E-state index contributed by atoms with van der Waals surface area (Å²) in [7, 11) is 0. The molecule has 4 atom stereocenters. The highest BCUT2D eigenvalue weighted by molar-refractivity contribution is 5.99. The number of pyridine rings is 1. The fourth-order valence-corrected chi connectivity index (χ4v) is 4.97. The summed E-state index contributed by atoms with van der Waals surface area (Å²) in [5, 5.41) is 18.0. The summed E-state index contributed by atoms with van der Waals surface area (Å²) >= 11 is 0. The summed E-state index contributed by atoms with van der Waals surface area (Å²) < 4.78 is 50.4. The van der Waals surface area contributed by atoms with Gasteiger partial charge >= 0.3 is 12.2 Å². The van der Waals surface area contributed by atoms with Crippen LogP contribution in [0.5, 0.6) is 5.75 Å². The van der Waals surface area contributed by atoms with Gasteiger partial charge in [-0.3, -0.25) is 9.78 Å². The normalized spacial score (nSPS) is 21.5. The van der Waals surface area contributed by atoms with Crippen molar-refractivity contribution in [3.63, 3.8) is 0 Å². The van der Waals surface area contributed by atoms with Gasteiger partial charge in [-0.15, -0.1) is 0 Å². The van der Waals surface area contributed by atoms with Gasteiger partial charge < -0.3 is 30.5 Å². The molecule has 4 N–H and O–H groups in total. The largest absolute Gasteiger partial charge is 0.487 e. The molecule has 210 valence electrons. The molecular formula is C28H27F3N4O5. The molecule has 3 aromatic rings. The number of alkyl halides is 3. The monoisotopic (exact) mass is 556 g/mol. The van der Waals surface area contributed by atoms with Gasteiger partial charge in [-0.25, -0.2) is 4.79 Å². The average Bonchev–Trinajstić information content (AvgIpc) is 3.30. The van der Waals surface area contributed by atoms with Crippen LogP contribution in [0.15, 0.2) is 66.9 Å². The maximum Gasteiger partial charge on any atom is 0.416 e. The number of carbonyl (C=O) groups is 2. The molecule has 2 aliphatic rings. The van der Waals surface area contributed by atoms with Crippen LogP contribution in [0.2, 0.25) is 0 Å². The van der Waals surface area contributed by atoms with E-state index in [0.717, 1.165) is 23.4 Å². The smallest absolute Gasteiger partial charge is 0.416 e. The van der Waals surface area contributed by atoms with Gasteiger partial charge in [0.15, 0.2) is 0 Å². The van der Waals surface area contributed by atoms with E-state index in [0.29, 0.717) is 17.9 Å². The number of aromatic nitrogens is 1. The predicted molar refractivity (Wildman–Crippen MR) is 139 cm³/mol. The number of nitrogens with one attached hydrogen (secondary N) is 3. The second-order valence-electron chi connectivity index (χ2n) is 9.61. The fraction of sp³-hybridized carbons (Fsp3) is 0.321. The Labute approximate surface area is 227 Å². The number of urea groups is 1. The topological polar surface area (TPSA) is 122 Å². The SMILES string of the molecule is O=C(C[C@H]1C[C@@H]2c3cc(NC(=O)Nc4ccc(C(F)(F)F)cc4)ccc3O[C@@H]2[C@H](CO)O1)NCc1ccccn1. The summed E-state index contributed by atoms with van der Waals surface area (Å²) in [6.45, 7) is -0.000756. The number of benzene rings is 2. The molecule has 40 heavy (non-hydrogen) atoms. The summed E-state index contributed by atoms with van der Waals surface area (Å²) in [4.78, 5) is 29.3. The Morgan fingerprint density at radius 2 is 1.77 bits per heavy atom. The van der Waals surface area contributed by atoms with Gasteiger partial charge in [0.2, 0.25) is 5.91 Å². The molecule has 9 nitrogen and oxygen atoms in total. The van der Waals surface area contributed by atoms with Crippen LogP contribution < -0.4 is 20.7 Å². The number of carbonyl (C=O) groups excluding carboxylic acids is 2. The van der Waals surface area contributed by atoms with E-state index in [1.165, 1.54) is 12.1 Å². The molecule has 2 aromatic carbocycles. The van der Waals surface area contributed by atoms with Crippen molar-refractivity contribution in [2.24, 2.45) is 0 Å². The molecule has 0 spiro atoms. The lowest BCUT2D eigenvalue weighted by Gasteiger charge is -2.37. The number of fused-ring (bicyclic) bond motifs is 3. The zero-order valence-electron chi connectivity index (χ0n) is 21.1. The number of aliphatic hydroxyl groups is 1. The molecule has 5 rings (SSSR count). The molecule has 0 bridgehead atoms. The molecule has 1 aromatic heterocycles. The average molecular weight is 557 g/mol. The lowest BCUT2D eigenvalue weighted by molar-refractivity contribution is -0.142. The zero-order valence-corrected chi connectivity index (χ0v) is 21.1. The highest BCUT2D eigenvalue weighted by Crippen LogP contribution is 2.47. The Kier molecular flexibility index (Phi) is 7.90. The molecule has 12 heteroatoms. The summed E-state index contributed by atoms with van der Waals surface area (Å²) in [5.74, 6) is 0.195. The highest BCUT2D eigenvalue weighted by atomic mass is 19.4.